The molecule has 0 spiro atoms. The molecule has 2 rings (SSSR count). The number of anilines is 1. The van der Waals surface area contributed by atoms with Crippen LogP contribution >= 0.6 is 15.9 Å². The average Bonchev–Trinajstić information content (AvgIpc) is 2.40. The molecule has 22 heavy (non-hydrogen) atoms. The molecule has 0 aliphatic heterocycles. The second-order valence-corrected chi connectivity index (χ2v) is 6.59. The van der Waals surface area contributed by atoms with E-state index in [0.29, 0.717) is 4.47 Å². The molecule has 0 saturated heterocycles. The number of sulfonamides is 1. The first kappa shape index (κ1) is 16.6. The summed E-state index contributed by atoms with van der Waals surface area (Å²) in [5.74, 6) is -0.797. The van der Waals surface area contributed by atoms with Gasteiger partial charge < -0.3 is 4.74 Å². The topological polar surface area (TPSA) is 55.4 Å². The van der Waals surface area contributed by atoms with Crippen molar-refractivity contribution in [2.75, 3.05) is 4.72 Å². The SMILES string of the molecule is O=S(=O)(Nc1ccccc1Br)c1ccccc1OC(F)(F)F. The van der Waals surface area contributed by atoms with Crippen LogP contribution in [0.4, 0.5) is 18.9 Å². The number of halogens is 4. The zero-order valence-electron chi connectivity index (χ0n) is 10.8. The van der Waals surface area contributed by atoms with Crippen molar-refractivity contribution in [2.24, 2.45) is 0 Å². The van der Waals surface area contributed by atoms with Crippen molar-refractivity contribution in [3.8, 4) is 5.75 Å². The fraction of sp³-hybridized carbons (Fsp3) is 0.0769. The summed E-state index contributed by atoms with van der Waals surface area (Å²) in [5.41, 5.74) is 0.198. The minimum Gasteiger partial charge on any atom is -0.404 e. The van der Waals surface area contributed by atoms with Crippen LogP contribution in [0.15, 0.2) is 57.9 Å². The Morgan fingerprint density at radius 1 is 1.00 bits per heavy atom. The third-order valence-electron chi connectivity index (χ3n) is 2.48. The van der Waals surface area contributed by atoms with Gasteiger partial charge in [0.1, 0.15) is 10.6 Å². The quantitative estimate of drug-likeness (QED) is 0.845. The molecule has 0 fully saturated rings. The van der Waals surface area contributed by atoms with Crippen molar-refractivity contribution in [1.82, 2.24) is 0 Å². The van der Waals surface area contributed by atoms with Gasteiger partial charge in [-0.3, -0.25) is 4.72 Å². The first-order valence-electron chi connectivity index (χ1n) is 5.81. The summed E-state index contributed by atoms with van der Waals surface area (Å²) in [4.78, 5) is -0.608. The Morgan fingerprint density at radius 2 is 1.59 bits per heavy atom. The third kappa shape index (κ3) is 4.14. The van der Waals surface area contributed by atoms with Gasteiger partial charge >= 0.3 is 6.36 Å². The van der Waals surface area contributed by atoms with Crippen LogP contribution < -0.4 is 9.46 Å². The van der Waals surface area contributed by atoms with Crippen LogP contribution in [0.1, 0.15) is 0 Å². The number of benzene rings is 2. The number of ether oxygens (including phenoxy) is 1. The molecule has 1 N–H and O–H groups in total. The molecule has 0 atom stereocenters. The average molecular weight is 396 g/mol. The second-order valence-electron chi connectivity index (χ2n) is 4.08. The molecule has 0 aliphatic rings. The molecule has 0 heterocycles. The lowest BCUT2D eigenvalue weighted by atomic mass is 10.3. The van der Waals surface area contributed by atoms with Crippen LogP contribution in [0, 0.1) is 0 Å². The zero-order chi connectivity index (χ0) is 16.4. The summed E-state index contributed by atoms with van der Waals surface area (Å²) in [6.45, 7) is 0. The highest BCUT2D eigenvalue weighted by molar-refractivity contribution is 9.10. The molecule has 0 aromatic heterocycles. The lowest BCUT2D eigenvalue weighted by Crippen LogP contribution is -2.21. The molecular formula is C13H9BrF3NO3S. The lowest BCUT2D eigenvalue weighted by Gasteiger charge is -2.14. The highest BCUT2D eigenvalue weighted by atomic mass is 79.9. The molecule has 0 bridgehead atoms. The van der Waals surface area contributed by atoms with Crippen molar-refractivity contribution in [2.45, 2.75) is 11.3 Å². The predicted octanol–water partition coefficient (Wildman–Crippen LogP) is 4.15. The Labute approximate surface area is 133 Å². The molecule has 0 radical (unpaired) electrons. The standard InChI is InChI=1S/C13H9BrF3NO3S/c14-9-5-1-2-6-10(9)18-22(19,20)12-8-4-3-7-11(12)21-13(15,16)17/h1-8,18H. The van der Waals surface area contributed by atoms with Gasteiger partial charge in [0, 0.05) is 4.47 Å². The smallest absolute Gasteiger partial charge is 0.404 e. The van der Waals surface area contributed by atoms with E-state index in [4.69, 9.17) is 0 Å². The Morgan fingerprint density at radius 3 is 2.23 bits per heavy atom. The van der Waals surface area contributed by atoms with Crippen molar-refractivity contribution in [3.05, 3.63) is 53.0 Å². The van der Waals surface area contributed by atoms with E-state index in [1.807, 2.05) is 0 Å². The van der Waals surface area contributed by atoms with Gasteiger partial charge in [-0.1, -0.05) is 24.3 Å². The van der Waals surface area contributed by atoms with Gasteiger partial charge in [0.05, 0.1) is 5.69 Å². The van der Waals surface area contributed by atoms with E-state index >= 15 is 0 Å². The van der Waals surface area contributed by atoms with Crippen LogP contribution in [0.3, 0.4) is 0 Å². The summed E-state index contributed by atoms with van der Waals surface area (Å²) in [6.07, 6.45) is -4.99. The van der Waals surface area contributed by atoms with Crippen molar-refractivity contribution in [3.63, 3.8) is 0 Å². The van der Waals surface area contributed by atoms with E-state index in [-0.39, 0.29) is 5.69 Å². The third-order valence-corrected chi connectivity index (χ3v) is 4.58. The molecule has 2 aromatic rings. The molecule has 0 amide bonds. The van der Waals surface area contributed by atoms with Crippen LogP contribution in [0.5, 0.6) is 5.75 Å². The minimum atomic E-state index is -4.99. The number of alkyl halides is 3. The van der Waals surface area contributed by atoms with E-state index in [1.165, 1.54) is 18.2 Å². The number of para-hydroxylation sites is 2. The van der Waals surface area contributed by atoms with Gasteiger partial charge in [0.15, 0.2) is 0 Å². The Hall–Kier alpha value is -1.74. The molecule has 4 nitrogen and oxygen atoms in total. The van der Waals surface area contributed by atoms with Gasteiger partial charge in [0.2, 0.25) is 0 Å². The number of hydrogen-bond donors (Lipinski definition) is 1. The summed E-state index contributed by atoms with van der Waals surface area (Å²) < 4.78 is 68.0. The molecule has 2 aromatic carbocycles. The van der Waals surface area contributed by atoms with E-state index < -0.39 is 27.0 Å². The van der Waals surface area contributed by atoms with Crippen LogP contribution in [-0.4, -0.2) is 14.8 Å². The summed E-state index contributed by atoms with van der Waals surface area (Å²) in [6, 6.07) is 10.8. The van der Waals surface area contributed by atoms with Gasteiger partial charge in [0.25, 0.3) is 10.0 Å². The fourth-order valence-corrected chi connectivity index (χ4v) is 3.35. The number of hydrogen-bond acceptors (Lipinski definition) is 3. The maximum Gasteiger partial charge on any atom is 0.573 e. The maximum absolute atomic E-state index is 12.4. The summed E-state index contributed by atoms with van der Waals surface area (Å²) in [5, 5.41) is 0. The first-order chi connectivity index (χ1) is 10.2. The maximum atomic E-state index is 12.4. The molecule has 0 aliphatic carbocycles. The van der Waals surface area contributed by atoms with Gasteiger partial charge in [-0.05, 0) is 40.2 Å². The number of nitrogens with one attached hydrogen (secondary N) is 1. The predicted molar refractivity (Wildman–Crippen MR) is 78.1 cm³/mol. The van der Waals surface area contributed by atoms with Crippen molar-refractivity contribution in [1.29, 1.82) is 0 Å². The highest BCUT2D eigenvalue weighted by Crippen LogP contribution is 2.31. The molecular weight excluding hydrogens is 387 g/mol. The van der Waals surface area contributed by atoms with Crippen LogP contribution in [-0.2, 0) is 10.0 Å². The van der Waals surface area contributed by atoms with Gasteiger partial charge in [-0.15, -0.1) is 13.2 Å². The Balaban J connectivity index is 2.40. The number of rotatable bonds is 4. The van der Waals surface area contributed by atoms with Gasteiger partial charge in [-0.25, -0.2) is 8.42 Å². The van der Waals surface area contributed by atoms with E-state index in [1.54, 1.807) is 18.2 Å². The Bertz CT molecular complexity index is 778. The first-order valence-corrected chi connectivity index (χ1v) is 8.09. The summed E-state index contributed by atoms with van der Waals surface area (Å²) >= 11 is 3.15. The van der Waals surface area contributed by atoms with Crippen molar-refractivity contribution >= 4 is 31.6 Å². The normalized spacial score (nSPS) is 12.0. The second kappa shape index (κ2) is 6.17. The van der Waals surface area contributed by atoms with Crippen molar-refractivity contribution < 1.29 is 26.3 Å². The fourth-order valence-electron chi connectivity index (χ4n) is 1.62. The summed E-state index contributed by atoms with van der Waals surface area (Å²) in [7, 11) is -4.24. The molecule has 9 heteroatoms. The van der Waals surface area contributed by atoms with Crippen LogP contribution in [0.25, 0.3) is 0 Å². The lowest BCUT2D eigenvalue weighted by molar-refractivity contribution is -0.275. The van der Waals surface area contributed by atoms with Gasteiger partial charge in [-0.2, -0.15) is 0 Å². The highest BCUT2D eigenvalue weighted by Gasteiger charge is 2.34. The van der Waals surface area contributed by atoms with E-state index in [2.05, 4.69) is 25.4 Å². The zero-order valence-corrected chi connectivity index (χ0v) is 13.2. The molecule has 0 unspecified atom stereocenters. The van der Waals surface area contributed by atoms with Crippen LogP contribution in [0.2, 0.25) is 0 Å². The Kier molecular flexibility index (Phi) is 4.66. The molecule has 0 saturated carbocycles. The van der Waals surface area contributed by atoms with E-state index in [0.717, 1.165) is 12.1 Å². The van der Waals surface area contributed by atoms with E-state index in [9.17, 15) is 21.6 Å². The minimum absolute atomic E-state index is 0.198. The monoisotopic (exact) mass is 395 g/mol. The molecule has 118 valence electrons. The largest absolute Gasteiger partial charge is 0.573 e.